The van der Waals surface area contributed by atoms with Crippen LogP contribution in [0.2, 0.25) is 0 Å². The standard InChI is InChI=1S/C14H23N3OS/c1-5-12-7-11(8-13(17-12)15-6-2)14(18)16-9-10(3)19-4/h7-8,10H,5-6,9H2,1-4H3,(H,15,17)(H,16,18). The number of aromatic nitrogens is 1. The molecule has 1 aromatic rings. The molecule has 0 bridgehead atoms. The molecule has 4 nitrogen and oxygen atoms in total. The Labute approximate surface area is 119 Å². The van der Waals surface area contributed by atoms with Crippen molar-refractivity contribution in [3.63, 3.8) is 0 Å². The zero-order valence-electron chi connectivity index (χ0n) is 12.1. The van der Waals surface area contributed by atoms with Crippen molar-refractivity contribution in [2.75, 3.05) is 24.7 Å². The third-order valence-corrected chi connectivity index (χ3v) is 3.78. The largest absolute Gasteiger partial charge is 0.370 e. The Balaban J connectivity index is 2.80. The third-order valence-electron chi connectivity index (χ3n) is 2.81. The van der Waals surface area contributed by atoms with Crippen molar-refractivity contribution in [3.8, 4) is 0 Å². The Kier molecular flexibility index (Phi) is 6.70. The SMILES string of the molecule is CCNc1cc(C(=O)NCC(C)SC)cc(CC)n1. The number of hydrogen-bond donors (Lipinski definition) is 2. The summed E-state index contributed by atoms with van der Waals surface area (Å²) < 4.78 is 0. The van der Waals surface area contributed by atoms with Crippen molar-refractivity contribution in [1.29, 1.82) is 0 Å². The van der Waals surface area contributed by atoms with Gasteiger partial charge >= 0.3 is 0 Å². The molecule has 1 heterocycles. The van der Waals surface area contributed by atoms with Crippen molar-refractivity contribution in [1.82, 2.24) is 10.3 Å². The summed E-state index contributed by atoms with van der Waals surface area (Å²) in [6.07, 6.45) is 2.86. The number of hydrogen-bond acceptors (Lipinski definition) is 4. The van der Waals surface area contributed by atoms with Crippen LogP contribution < -0.4 is 10.6 Å². The molecule has 0 aromatic carbocycles. The van der Waals surface area contributed by atoms with Crippen LogP contribution in [0, 0.1) is 0 Å². The molecule has 0 saturated heterocycles. The highest BCUT2D eigenvalue weighted by atomic mass is 32.2. The van der Waals surface area contributed by atoms with Crippen LogP contribution in [0.15, 0.2) is 12.1 Å². The van der Waals surface area contributed by atoms with Crippen LogP contribution in [0.1, 0.15) is 36.8 Å². The van der Waals surface area contributed by atoms with Crippen molar-refractivity contribution >= 4 is 23.5 Å². The van der Waals surface area contributed by atoms with E-state index in [0.717, 1.165) is 24.5 Å². The molecule has 1 amide bonds. The lowest BCUT2D eigenvalue weighted by molar-refractivity contribution is 0.0954. The van der Waals surface area contributed by atoms with E-state index in [1.807, 2.05) is 32.2 Å². The van der Waals surface area contributed by atoms with Crippen LogP contribution >= 0.6 is 11.8 Å². The van der Waals surface area contributed by atoms with E-state index in [1.165, 1.54) is 0 Å². The van der Waals surface area contributed by atoms with Crippen molar-refractivity contribution in [2.45, 2.75) is 32.4 Å². The molecule has 2 N–H and O–H groups in total. The highest BCUT2D eigenvalue weighted by Crippen LogP contribution is 2.12. The quantitative estimate of drug-likeness (QED) is 0.806. The predicted octanol–water partition coefficient (Wildman–Crippen LogP) is 2.56. The van der Waals surface area contributed by atoms with Crippen LogP contribution in [0.4, 0.5) is 5.82 Å². The van der Waals surface area contributed by atoms with E-state index < -0.39 is 0 Å². The van der Waals surface area contributed by atoms with Crippen LogP contribution in [-0.4, -0.2) is 35.5 Å². The van der Waals surface area contributed by atoms with Gasteiger partial charge in [-0.15, -0.1) is 0 Å². The van der Waals surface area contributed by atoms with Gasteiger partial charge in [0.25, 0.3) is 5.91 Å². The maximum Gasteiger partial charge on any atom is 0.251 e. The molecule has 1 atom stereocenters. The summed E-state index contributed by atoms with van der Waals surface area (Å²) >= 11 is 1.74. The average molecular weight is 281 g/mol. The molecule has 106 valence electrons. The van der Waals surface area contributed by atoms with E-state index in [-0.39, 0.29) is 5.91 Å². The maximum absolute atomic E-state index is 12.1. The number of pyridine rings is 1. The Morgan fingerprint density at radius 1 is 1.42 bits per heavy atom. The Bertz CT molecular complexity index is 423. The van der Waals surface area contributed by atoms with Gasteiger partial charge in [0, 0.05) is 29.6 Å². The fourth-order valence-corrected chi connectivity index (χ4v) is 1.84. The number of nitrogens with zero attached hydrogens (tertiary/aromatic N) is 1. The zero-order valence-corrected chi connectivity index (χ0v) is 12.9. The predicted molar refractivity (Wildman–Crippen MR) is 83.1 cm³/mol. The minimum atomic E-state index is -0.0304. The summed E-state index contributed by atoms with van der Waals surface area (Å²) in [6.45, 7) is 7.62. The molecular weight excluding hydrogens is 258 g/mol. The molecule has 0 radical (unpaired) electrons. The molecule has 0 saturated carbocycles. The van der Waals surface area contributed by atoms with Crippen LogP contribution in [0.25, 0.3) is 0 Å². The number of aryl methyl sites for hydroxylation is 1. The lowest BCUT2D eigenvalue weighted by Gasteiger charge is -2.12. The number of nitrogens with one attached hydrogen (secondary N) is 2. The maximum atomic E-state index is 12.1. The zero-order chi connectivity index (χ0) is 14.3. The topological polar surface area (TPSA) is 54.0 Å². The van der Waals surface area contributed by atoms with Crippen LogP contribution in [-0.2, 0) is 6.42 Å². The molecule has 0 aliphatic rings. The van der Waals surface area contributed by atoms with E-state index in [1.54, 1.807) is 11.8 Å². The summed E-state index contributed by atoms with van der Waals surface area (Å²) in [5, 5.41) is 6.53. The van der Waals surface area contributed by atoms with Crippen molar-refractivity contribution in [3.05, 3.63) is 23.4 Å². The van der Waals surface area contributed by atoms with Gasteiger partial charge in [-0.3, -0.25) is 4.79 Å². The molecule has 0 aliphatic heterocycles. The van der Waals surface area contributed by atoms with E-state index in [9.17, 15) is 4.79 Å². The molecule has 5 heteroatoms. The highest BCUT2D eigenvalue weighted by molar-refractivity contribution is 7.99. The fourth-order valence-electron chi connectivity index (χ4n) is 1.59. The molecule has 0 fully saturated rings. The second kappa shape index (κ2) is 8.04. The van der Waals surface area contributed by atoms with Crippen LogP contribution in [0.3, 0.4) is 0 Å². The first kappa shape index (κ1) is 15.8. The van der Waals surface area contributed by atoms with Gasteiger partial charge in [0.1, 0.15) is 5.82 Å². The van der Waals surface area contributed by atoms with Gasteiger partial charge in [-0.05, 0) is 31.7 Å². The third kappa shape index (κ3) is 5.11. The van der Waals surface area contributed by atoms with Crippen molar-refractivity contribution < 1.29 is 4.79 Å². The number of carbonyl (C=O) groups is 1. The van der Waals surface area contributed by atoms with E-state index in [0.29, 0.717) is 17.4 Å². The van der Waals surface area contributed by atoms with E-state index in [4.69, 9.17) is 0 Å². The Morgan fingerprint density at radius 2 is 2.16 bits per heavy atom. The first-order valence-electron chi connectivity index (χ1n) is 6.66. The summed E-state index contributed by atoms with van der Waals surface area (Å²) in [6, 6.07) is 3.67. The van der Waals surface area contributed by atoms with Gasteiger partial charge in [-0.2, -0.15) is 11.8 Å². The summed E-state index contributed by atoms with van der Waals surface area (Å²) in [5.74, 6) is 0.738. The number of amides is 1. The van der Waals surface area contributed by atoms with E-state index in [2.05, 4.69) is 22.5 Å². The smallest absolute Gasteiger partial charge is 0.251 e. The second-order valence-electron chi connectivity index (χ2n) is 4.37. The molecular formula is C14H23N3OS. The first-order chi connectivity index (χ1) is 9.10. The second-order valence-corrected chi connectivity index (χ2v) is 5.65. The number of rotatable bonds is 7. The van der Waals surface area contributed by atoms with Gasteiger partial charge in [-0.1, -0.05) is 13.8 Å². The number of thioether (sulfide) groups is 1. The van der Waals surface area contributed by atoms with Crippen LogP contribution in [0.5, 0.6) is 0 Å². The summed E-state index contributed by atoms with van der Waals surface area (Å²) in [4.78, 5) is 16.6. The normalized spacial score (nSPS) is 12.0. The Hall–Kier alpha value is -1.23. The van der Waals surface area contributed by atoms with Gasteiger partial charge < -0.3 is 10.6 Å². The highest BCUT2D eigenvalue weighted by Gasteiger charge is 2.10. The Morgan fingerprint density at radius 3 is 2.74 bits per heavy atom. The molecule has 0 aliphatic carbocycles. The number of anilines is 1. The summed E-state index contributed by atoms with van der Waals surface area (Å²) in [5.41, 5.74) is 1.61. The monoisotopic (exact) mass is 281 g/mol. The minimum Gasteiger partial charge on any atom is -0.370 e. The molecule has 1 rings (SSSR count). The lowest BCUT2D eigenvalue weighted by atomic mass is 10.2. The first-order valence-corrected chi connectivity index (χ1v) is 7.95. The fraction of sp³-hybridized carbons (Fsp3) is 0.571. The number of carbonyl (C=O) groups excluding carboxylic acids is 1. The molecule has 19 heavy (non-hydrogen) atoms. The minimum absolute atomic E-state index is 0.0304. The van der Waals surface area contributed by atoms with Gasteiger partial charge in [0.2, 0.25) is 0 Å². The van der Waals surface area contributed by atoms with E-state index >= 15 is 0 Å². The average Bonchev–Trinajstić information content (AvgIpc) is 2.44. The van der Waals surface area contributed by atoms with Crippen molar-refractivity contribution in [2.24, 2.45) is 0 Å². The van der Waals surface area contributed by atoms with Gasteiger partial charge in [0.05, 0.1) is 0 Å². The lowest BCUT2D eigenvalue weighted by Crippen LogP contribution is -2.29. The van der Waals surface area contributed by atoms with Gasteiger partial charge in [0.15, 0.2) is 0 Å². The molecule has 1 aromatic heterocycles. The van der Waals surface area contributed by atoms with Gasteiger partial charge in [-0.25, -0.2) is 4.98 Å². The summed E-state index contributed by atoms with van der Waals surface area (Å²) in [7, 11) is 0. The molecule has 0 spiro atoms. The molecule has 1 unspecified atom stereocenters.